The maximum Gasteiger partial charge on any atom is 0.255 e. The molecule has 1 heterocycles. The highest BCUT2D eigenvalue weighted by atomic mass is 16.2. The van der Waals surface area contributed by atoms with E-state index in [2.05, 4.69) is 15.6 Å². The third-order valence-corrected chi connectivity index (χ3v) is 2.52. The molecule has 6 heteroatoms. The molecule has 1 aromatic heterocycles. The van der Waals surface area contributed by atoms with Crippen LogP contribution in [0.5, 0.6) is 0 Å². The van der Waals surface area contributed by atoms with Crippen LogP contribution in [0.3, 0.4) is 0 Å². The molecule has 0 aliphatic heterocycles. The van der Waals surface area contributed by atoms with E-state index in [0.29, 0.717) is 18.2 Å². The van der Waals surface area contributed by atoms with Crippen LogP contribution in [0.2, 0.25) is 0 Å². The van der Waals surface area contributed by atoms with Crippen molar-refractivity contribution in [1.29, 1.82) is 0 Å². The summed E-state index contributed by atoms with van der Waals surface area (Å²) >= 11 is 0. The molecule has 0 aliphatic rings. The fraction of sp³-hybridized carbons (Fsp3) is 0.462. The van der Waals surface area contributed by atoms with E-state index >= 15 is 0 Å². The van der Waals surface area contributed by atoms with Crippen LogP contribution in [0, 0.1) is 5.92 Å². The zero-order valence-electron chi connectivity index (χ0n) is 11.4. The third-order valence-electron chi connectivity index (χ3n) is 2.52. The monoisotopic (exact) mass is 264 g/mol. The van der Waals surface area contributed by atoms with Crippen LogP contribution in [0.15, 0.2) is 18.5 Å². The number of anilines is 1. The lowest BCUT2D eigenvalue weighted by Gasteiger charge is -2.15. The molecule has 6 nitrogen and oxygen atoms in total. The Kier molecular flexibility index (Phi) is 5.29. The second-order valence-corrected chi connectivity index (χ2v) is 4.80. The first-order valence-electron chi connectivity index (χ1n) is 6.20. The Morgan fingerprint density at radius 1 is 1.37 bits per heavy atom. The van der Waals surface area contributed by atoms with E-state index in [1.807, 2.05) is 13.8 Å². The summed E-state index contributed by atoms with van der Waals surface area (Å²) in [5.74, 6) is -0.261. The van der Waals surface area contributed by atoms with Gasteiger partial charge in [0.15, 0.2) is 0 Å². The standard InChI is InChI=1S/C13H20N4O2/c1-8(2)6-16-12(18)9(3)17-13(19)10-7-15-5-4-11(10)14/h4-5,7-9H,6H2,1-3H3,(H2,14,15)(H,16,18)(H,17,19). The van der Waals surface area contributed by atoms with Gasteiger partial charge in [-0.25, -0.2) is 0 Å². The molecular weight excluding hydrogens is 244 g/mol. The van der Waals surface area contributed by atoms with Crippen LogP contribution < -0.4 is 16.4 Å². The normalized spacial score (nSPS) is 12.0. The molecule has 1 atom stereocenters. The number of amides is 2. The molecule has 19 heavy (non-hydrogen) atoms. The third kappa shape index (κ3) is 4.57. The van der Waals surface area contributed by atoms with Crippen molar-refractivity contribution in [3.8, 4) is 0 Å². The first-order valence-corrected chi connectivity index (χ1v) is 6.20. The van der Waals surface area contributed by atoms with Crippen LogP contribution in [-0.4, -0.2) is 29.4 Å². The number of hydrogen-bond acceptors (Lipinski definition) is 4. The number of carbonyl (C=O) groups excluding carboxylic acids is 2. The van der Waals surface area contributed by atoms with E-state index in [4.69, 9.17) is 5.73 Å². The lowest BCUT2D eigenvalue weighted by molar-refractivity contribution is -0.122. The van der Waals surface area contributed by atoms with Gasteiger partial charge in [-0.1, -0.05) is 13.8 Å². The van der Waals surface area contributed by atoms with Gasteiger partial charge in [-0.05, 0) is 18.9 Å². The van der Waals surface area contributed by atoms with Gasteiger partial charge in [0.1, 0.15) is 6.04 Å². The Balaban J connectivity index is 2.57. The van der Waals surface area contributed by atoms with Crippen molar-refractivity contribution in [3.63, 3.8) is 0 Å². The summed E-state index contributed by atoms with van der Waals surface area (Å²) in [5.41, 5.74) is 6.28. The minimum absolute atomic E-state index is 0.218. The topological polar surface area (TPSA) is 97.1 Å². The van der Waals surface area contributed by atoms with Crippen molar-refractivity contribution in [2.24, 2.45) is 5.92 Å². The number of aromatic nitrogens is 1. The quantitative estimate of drug-likeness (QED) is 0.723. The van der Waals surface area contributed by atoms with E-state index in [1.165, 1.54) is 12.4 Å². The molecule has 0 saturated heterocycles. The summed E-state index contributed by atoms with van der Waals surface area (Å²) in [6, 6.07) is 0.921. The Morgan fingerprint density at radius 2 is 2.05 bits per heavy atom. The zero-order valence-corrected chi connectivity index (χ0v) is 11.4. The first-order chi connectivity index (χ1) is 8.91. The molecule has 0 bridgehead atoms. The summed E-state index contributed by atoms with van der Waals surface area (Å²) in [6.07, 6.45) is 2.88. The van der Waals surface area contributed by atoms with E-state index in [1.54, 1.807) is 13.0 Å². The first kappa shape index (κ1) is 14.9. The van der Waals surface area contributed by atoms with Gasteiger partial charge in [-0.2, -0.15) is 0 Å². The van der Waals surface area contributed by atoms with Crippen molar-refractivity contribution in [1.82, 2.24) is 15.6 Å². The fourth-order valence-corrected chi connectivity index (χ4v) is 1.39. The number of rotatable bonds is 5. The number of nitrogen functional groups attached to an aromatic ring is 1. The van der Waals surface area contributed by atoms with Gasteiger partial charge in [0, 0.05) is 24.6 Å². The average molecular weight is 264 g/mol. The van der Waals surface area contributed by atoms with Crippen molar-refractivity contribution < 1.29 is 9.59 Å². The highest BCUT2D eigenvalue weighted by Gasteiger charge is 2.17. The van der Waals surface area contributed by atoms with Crippen LogP contribution in [0.4, 0.5) is 5.69 Å². The lowest BCUT2D eigenvalue weighted by atomic mass is 10.2. The minimum atomic E-state index is -0.620. The Morgan fingerprint density at radius 3 is 2.63 bits per heavy atom. The molecule has 2 amide bonds. The van der Waals surface area contributed by atoms with Gasteiger partial charge in [0.05, 0.1) is 5.56 Å². The molecule has 104 valence electrons. The lowest BCUT2D eigenvalue weighted by Crippen LogP contribution is -2.45. The molecule has 1 unspecified atom stereocenters. The highest BCUT2D eigenvalue weighted by molar-refractivity contribution is 6.00. The molecule has 4 N–H and O–H groups in total. The van der Waals surface area contributed by atoms with E-state index in [-0.39, 0.29) is 11.5 Å². The molecule has 1 rings (SSSR count). The van der Waals surface area contributed by atoms with Crippen LogP contribution in [-0.2, 0) is 4.79 Å². The number of hydrogen-bond donors (Lipinski definition) is 3. The fourth-order valence-electron chi connectivity index (χ4n) is 1.39. The molecule has 0 saturated carbocycles. The van der Waals surface area contributed by atoms with Crippen molar-refractivity contribution >= 4 is 17.5 Å². The maximum atomic E-state index is 11.9. The van der Waals surface area contributed by atoms with Crippen molar-refractivity contribution in [3.05, 3.63) is 24.0 Å². The largest absolute Gasteiger partial charge is 0.398 e. The second kappa shape index (κ2) is 6.72. The SMILES string of the molecule is CC(C)CNC(=O)C(C)NC(=O)c1cnccc1N. The molecule has 1 aromatic rings. The van der Waals surface area contributed by atoms with Crippen molar-refractivity contribution in [2.75, 3.05) is 12.3 Å². The van der Waals surface area contributed by atoms with Gasteiger partial charge in [-0.15, -0.1) is 0 Å². The second-order valence-electron chi connectivity index (χ2n) is 4.80. The van der Waals surface area contributed by atoms with Gasteiger partial charge in [-0.3, -0.25) is 14.6 Å². The van der Waals surface area contributed by atoms with E-state index < -0.39 is 11.9 Å². The molecular formula is C13H20N4O2. The van der Waals surface area contributed by atoms with Crippen LogP contribution in [0.25, 0.3) is 0 Å². The predicted molar refractivity (Wildman–Crippen MR) is 73.4 cm³/mol. The number of pyridine rings is 1. The Bertz CT molecular complexity index is 460. The summed E-state index contributed by atoms with van der Waals surface area (Å²) < 4.78 is 0. The average Bonchev–Trinajstić information content (AvgIpc) is 2.36. The number of nitrogens with two attached hydrogens (primary N) is 1. The smallest absolute Gasteiger partial charge is 0.255 e. The van der Waals surface area contributed by atoms with Gasteiger partial charge >= 0.3 is 0 Å². The summed E-state index contributed by atoms with van der Waals surface area (Å²) in [4.78, 5) is 27.5. The van der Waals surface area contributed by atoms with Gasteiger partial charge < -0.3 is 16.4 Å². The molecule has 0 spiro atoms. The van der Waals surface area contributed by atoms with Gasteiger partial charge in [0.25, 0.3) is 5.91 Å². The summed E-state index contributed by atoms with van der Waals surface area (Å²) in [5, 5.41) is 5.34. The Labute approximate surface area is 112 Å². The number of carbonyl (C=O) groups is 2. The summed E-state index contributed by atoms with van der Waals surface area (Å²) in [7, 11) is 0. The summed E-state index contributed by atoms with van der Waals surface area (Å²) in [6.45, 7) is 6.20. The Hall–Kier alpha value is -2.11. The minimum Gasteiger partial charge on any atom is -0.398 e. The number of nitrogens with zero attached hydrogens (tertiary/aromatic N) is 1. The van der Waals surface area contributed by atoms with Gasteiger partial charge in [0.2, 0.25) is 5.91 Å². The molecule has 0 radical (unpaired) electrons. The molecule has 0 aliphatic carbocycles. The molecule has 0 aromatic carbocycles. The highest BCUT2D eigenvalue weighted by Crippen LogP contribution is 2.08. The van der Waals surface area contributed by atoms with E-state index in [0.717, 1.165) is 0 Å². The van der Waals surface area contributed by atoms with Crippen LogP contribution >= 0.6 is 0 Å². The predicted octanol–water partition coefficient (Wildman–Crippen LogP) is 0.554. The van der Waals surface area contributed by atoms with Crippen LogP contribution in [0.1, 0.15) is 31.1 Å². The number of nitrogens with one attached hydrogen (secondary N) is 2. The van der Waals surface area contributed by atoms with Crippen molar-refractivity contribution in [2.45, 2.75) is 26.8 Å². The zero-order chi connectivity index (χ0) is 14.4. The van der Waals surface area contributed by atoms with E-state index in [9.17, 15) is 9.59 Å². The molecule has 0 fully saturated rings. The maximum absolute atomic E-state index is 11.9.